The van der Waals surface area contributed by atoms with Crippen LogP contribution >= 0.6 is 0 Å². The molecule has 1 aromatic carbocycles. The molecule has 0 amide bonds. The fourth-order valence-corrected chi connectivity index (χ4v) is 2.67. The Bertz CT molecular complexity index is 460. The number of benzene rings is 1. The molecule has 2 N–H and O–H groups in total. The highest BCUT2D eigenvalue weighted by Crippen LogP contribution is 2.16. The number of nitrogen functional groups attached to an aromatic ring is 1. The number of rotatable bonds is 6. The molecule has 0 radical (unpaired) electrons. The van der Waals surface area contributed by atoms with Crippen LogP contribution < -0.4 is 5.73 Å². The number of hydrogen-bond donors (Lipinski definition) is 1. The van der Waals surface area contributed by atoms with E-state index in [9.17, 15) is 8.42 Å². The van der Waals surface area contributed by atoms with Gasteiger partial charge in [-0.3, -0.25) is 0 Å². The summed E-state index contributed by atoms with van der Waals surface area (Å²) in [5.41, 5.74) is 6.02. The van der Waals surface area contributed by atoms with E-state index in [-0.39, 0.29) is 4.90 Å². The molecule has 6 heteroatoms. The van der Waals surface area contributed by atoms with Gasteiger partial charge in [0.15, 0.2) is 0 Å². The van der Waals surface area contributed by atoms with Crippen LogP contribution in [-0.4, -0.2) is 40.0 Å². The van der Waals surface area contributed by atoms with Crippen LogP contribution in [0.2, 0.25) is 0 Å². The van der Waals surface area contributed by atoms with Gasteiger partial charge in [0.25, 0.3) is 0 Å². The van der Waals surface area contributed by atoms with Gasteiger partial charge in [-0.2, -0.15) is 0 Å². The van der Waals surface area contributed by atoms with Crippen LogP contribution in [0.4, 0.5) is 5.69 Å². The molecule has 17 heavy (non-hydrogen) atoms. The second kappa shape index (κ2) is 6.00. The summed E-state index contributed by atoms with van der Waals surface area (Å²) < 4.78 is 30.4. The maximum atomic E-state index is 12.1. The van der Waals surface area contributed by atoms with Crippen molar-refractivity contribution in [3.8, 4) is 0 Å². The molecule has 0 fully saturated rings. The van der Waals surface area contributed by atoms with Crippen molar-refractivity contribution in [2.24, 2.45) is 0 Å². The van der Waals surface area contributed by atoms with Crippen molar-refractivity contribution in [2.45, 2.75) is 11.3 Å². The van der Waals surface area contributed by atoms with Gasteiger partial charge in [0.05, 0.1) is 4.90 Å². The van der Waals surface area contributed by atoms with Crippen molar-refractivity contribution >= 4 is 15.7 Å². The summed E-state index contributed by atoms with van der Waals surface area (Å²) in [6, 6.07) is 6.29. The molecule has 0 saturated carbocycles. The lowest BCUT2D eigenvalue weighted by Gasteiger charge is -2.17. The van der Waals surface area contributed by atoms with Gasteiger partial charge in [-0.25, -0.2) is 12.7 Å². The summed E-state index contributed by atoms with van der Waals surface area (Å²) in [5, 5.41) is 0. The molecule has 0 aliphatic heterocycles. The third-order valence-electron chi connectivity index (χ3n) is 2.39. The van der Waals surface area contributed by atoms with Gasteiger partial charge in [0, 0.05) is 33.0 Å². The van der Waals surface area contributed by atoms with Crippen LogP contribution in [0.5, 0.6) is 0 Å². The molecule has 0 unspecified atom stereocenters. The number of nitrogens with two attached hydrogens (primary N) is 1. The molecular weight excluding hydrogens is 240 g/mol. The Kier molecular flexibility index (Phi) is 4.92. The number of anilines is 1. The summed E-state index contributed by atoms with van der Waals surface area (Å²) in [7, 11) is -0.305. The second-order valence-corrected chi connectivity index (χ2v) is 5.79. The highest BCUT2D eigenvalue weighted by atomic mass is 32.2. The molecular formula is C11H18N2O3S. The minimum atomic E-state index is -3.44. The van der Waals surface area contributed by atoms with E-state index in [1.807, 2.05) is 0 Å². The highest BCUT2D eigenvalue weighted by molar-refractivity contribution is 7.89. The van der Waals surface area contributed by atoms with Crippen molar-refractivity contribution in [3.05, 3.63) is 24.3 Å². The Morgan fingerprint density at radius 1 is 1.41 bits per heavy atom. The fourth-order valence-electron chi connectivity index (χ4n) is 1.41. The normalized spacial score (nSPS) is 11.9. The van der Waals surface area contributed by atoms with Crippen molar-refractivity contribution < 1.29 is 13.2 Å². The Balaban J connectivity index is 2.80. The van der Waals surface area contributed by atoms with Gasteiger partial charge in [-0.1, -0.05) is 6.07 Å². The molecule has 0 saturated heterocycles. The molecule has 5 nitrogen and oxygen atoms in total. The summed E-state index contributed by atoms with van der Waals surface area (Å²) in [4.78, 5) is 0.220. The largest absolute Gasteiger partial charge is 0.399 e. The summed E-state index contributed by atoms with van der Waals surface area (Å²) >= 11 is 0. The Morgan fingerprint density at radius 2 is 2.12 bits per heavy atom. The molecule has 1 rings (SSSR count). The van der Waals surface area contributed by atoms with Gasteiger partial charge in [0.2, 0.25) is 10.0 Å². The first kappa shape index (κ1) is 14.0. The molecule has 0 bridgehead atoms. The van der Waals surface area contributed by atoms with Crippen molar-refractivity contribution in [3.63, 3.8) is 0 Å². The van der Waals surface area contributed by atoms with Crippen molar-refractivity contribution in [2.75, 3.05) is 33.0 Å². The molecule has 96 valence electrons. The van der Waals surface area contributed by atoms with E-state index >= 15 is 0 Å². The Morgan fingerprint density at radius 3 is 2.71 bits per heavy atom. The van der Waals surface area contributed by atoms with Crippen LogP contribution in [0.15, 0.2) is 29.2 Å². The second-order valence-electron chi connectivity index (χ2n) is 3.75. The fraction of sp³-hybridized carbons (Fsp3) is 0.455. The molecule has 0 aromatic heterocycles. The number of hydrogen-bond acceptors (Lipinski definition) is 4. The van der Waals surface area contributed by atoms with Crippen molar-refractivity contribution in [1.29, 1.82) is 0 Å². The van der Waals surface area contributed by atoms with E-state index in [1.54, 1.807) is 32.4 Å². The van der Waals surface area contributed by atoms with Gasteiger partial charge in [-0.15, -0.1) is 0 Å². The zero-order valence-corrected chi connectivity index (χ0v) is 10.9. The van der Waals surface area contributed by atoms with Crippen molar-refractivity contribution in [1.82, 2.24) is 4.31 Å². The molecule has 0 atom stereocenters. The number of nitrogens with zero attached hydrogens (tertiary/aromatic N) is 1. The van der Waals surface area contributed by atoms with Crippen LogP contribution in [0.3, 0.4) is 0 Å². The minimum absolute atomic E-state index is 0.220. The molecule has 0 heterocycles. The molecule has 1 aromatic rings. The first-order valence-electron chi connectivity index (χ1n) is 5.29. The van der Waals surface area contributed by atoms with E-state index in [4.69, 9.17) is 10.5 Å². The topological polar surface area (TPSA) is 72.6 Å². The maximum Gasteiger partial charge on any atom is 0.242 e. The third-order valence-corrected chi connectivity index (χ3v) is 4.24. The Labute approximate surface area is 102 Å². The predicted octanol–water partition coefficient (Wildman–Crippen LogP) is 0.926. The van der Waals surface area contributed by atoms with Crippen LogP contribution in [-0.2, 0) is 14.8 Å². The van der Waals surface area contributed by atoms with Crippen LogP contribution in [0.1, 0.15) is 6.42 Å². The van der Waals surface area contributed by atoms with Gasteiger partial charge < -0.3 is 10.5 Å². The zero-order valence-electron chi connectivity index (χ0n) is 10.1. The SMILES string of the molecule is COCCCN(C)S(=O)(=O)c1cccc(N)c1. The summed E-state index contributed by atoms with van der Waals surface area (Å²) in [6.45, 7) is 0.960. The van der Waals surface area contributed by atoms with Gasteiger partial charge >= 0.3 is 0 Å². The van der Waals surface area contributed by atoms with E-state index in [0.717, 1.165) is 0 Å². The number of sulfonamides is 1. The average molecular weight is 258 g/mol. The lowest BCUT2D eigenvalue weighted by Crippen LogP contribution is -2.28. The minimum Gasteiger partial charge on any atom is -0.399 e. The van der Waals surface area contributed by atoms with Gasteiger partial charge in [-0.05, 0) is 24.6 Å². The number of methoxy groups -OCH3 is 1. The first-order valence-corrected chi connectivity index (χ1v) is 6.73. The first-order chi connectivity index (χ1) is 7.98. The predicted molar refractivity (Wildman–Crippen MR) is 67.2 cm³/mol. The third kappa shape index (κ3) is 3.69. The maximum absolute atomic E-state index is 12.1. The Hall–Kier alpha value is -1.11. The average Bonchev–Trinajstić information content (AvgIpc) is 2.29. The lowest BCUT2D eigenvalue weighted by molar-refractivity contribution is 0.189. The standard InChI is InChI=1S/C11H18N2O3S/c1-13(7-4-8-16-2)17(14,15)11-6-3-5-10(12)9-11/h3,5-6,9H,4,7-8,12H2,1-2H3. The zero-order chi connectivity index (χ0) is 12.9. The van der Waals surface area contributed by atoms with Crippen LogP contribution in [0, 0.1) is 0 Å². The summed E-state index contributed by atoms with van der Waals surface area (Å²) in [6.07, 6.45) is 0.661. The molecule has 0 aliphatic carbocycles. The number of ether oxygens (including phenoxy) is 1. The smallest absolute Gasteiger partial charge is 0.242 e. The quantitative estimate of drug-likeness (QED) is 0.608. The van der Waals surface area contributed by atoms with E-state index < -0.39 is 10.0 Å². The van der Waals surface area contributed by atoms with E-state index in [2.05, 4.69) is 0 Å². The van der Waals surface area contributed by atoms with Gasteiger partial charge in [0.1, 0.15) is 0 Å². The van der Waals surface area contributed by atoms with Crippen LogP contribution in [0.25, 0.3) is 0 Å². The molecule has 0 spiro atoms. The highest BCUT2D eigenvalue weighted by Gasteiger charge is 2.20. The van der Waals surface area contributed by atoms with E-state index in [1.165, 1.54) is 10.4 Å². The monoisotopic (exact) mass is 258 g/mol. The summed E-state index contributed by atoms with van der Waals surface area (Å²) in [5.74, 6) is 0. The molecule has 0 aliphatic rings. The van der Waals surface area contributed by atoms with E-state index in [0.29, 0.717) is 25.3 Å². The lowest BCUT2D eigenvalue weighted by atomic mass is 10.3.